The molecule has 17 heavy (non-hydrogen) atoms. The van der Waals surface area contributed by atoms with Gasteiger partial charge in [0.1, 0.15) is 5.75 Å². The van der Waals surface area contributed by atoms with Crippen LogP contribution in [0.25, 0.3) is 0 Å². The summed E-state index contributed by atoms with van der Waals surface area (Å²) in [6.07, 6.45) is 0. The summed E-state index contributed by atoms with van der Waals surface area (Å²) in [5.41, 5.74) is 1.42. The van der Waals surface area contributed by atoms with Crippen molar-refractivity contribution in [2.75, 3.05) is 38.7 Å². The molecule has 0 unspecified atom stereocenters. The Morgan fingerprint density at radius 3 is 2.65 bits per heavy atom. The molecule has 1 aromatic carbocycles. The van der Waals surface area contributed by atoms with Crippen molar-refractivity contribution in [3.05, 3.63) is 24.3 Å². The first-order valence-electron chi connectivity index (χ1n) is 6.13. The van der Waals surface area contributed by atoms with Gasteiger partial charge in [0, 0.05) is 36.9 Å². The van der Waals surface area contributed by atoms with Gasteiger partial charge in [0.2, 0.25) is 0 Å². The minimum Gasteiger partial charge on any atom is -0.497 e. The predicted molar refractivity (Wildman–Crippen MR) is 71.9 cm³/mol. The number of likely N-dealkylation sites (N-methyl/N-ethyl adjacent to an activating group) is 1. The molecular weight excluding hydrogens is 212 g/mol. The summed E-state index contributed by atoms with van der Waals surface area (Å²) in [5, 5.41) is 0. The molecule has 3 nitrogen and oxygen atoms in total. The number of anilines is 1. The predicted octanol–water partition coefficient (Wildman–Crippen LogP) is 2.23. The molecule has 0 spiro atoms. The smallest absolute Gasteiger partial charge is 0.120 e. The fourth-order valence-electron chi connectivity index (χ4n) is 2.66. The van der Waals surface area contributed by atoms with Gasteiger partial charge < -0.3 is 14.5 Å². The molecule has 1 fully saturated rings. The van der Waals surface area contributed by atoms with Crippen LogP contribution >= 0.6 is 0 Å². The van der Waals surface area contributed by atoms with Crippen LogP contribution in [0, 0.1) is 0 Å². The molecule has 1 saturated heterocycles. The lowest BCUT2D eigenvalue weighted by Crippen LogP contribution is -2.58. The van der Waals surface area contributed by atoms with Crippen LogP contribution in [-0.2, 0) is 0 Å². The molecule has 1 aliphatic heterocycles. The maximum atomic E-state index is 5.30. The summed E-state index contributed by atoms with van der Waals surface area (Å²) in [6, 6.07) is 8.33. The zero-order valence-electron chi connectivity index (χ0n) is 11.2. The van der Waals surface area contributed by atoms with Gasteiger partial charge in [-0.25, -0.2) is 0 Å². The number of nitrogens with zero attached hydrogens (tertiary/aromatic N) is 2. The molecule has 1 aliphatic rings. The Labute approximate surface area is 104 Å². The normalized spacial score (nSPS) is 20.4. The molecule has 0 aliphatic carbocycles. The average molecular weight is 234 g/mol. The molecule has 94 valence electrons. The molecule has 0 saturated carbocycles. The Morgan fingerprint density at radius 2 is 2.00 bits per heavy atom. The van der Waals surface area contributed by atoms with Crippen LogP contribution in [-0.4, -0.2) is 44.2 Å². The Morgan fingerprint density at radius 1 is 1.24 bits per heavy atom. The summed E-state index contributed by atoms with van der Waals surface area (Å²) in [4.78, 5) is 4.85. The molecule has 3 heteroatoms. The van der Waals surface area contributed by atoms with Crippen LogP contribution in [0.15, 0.2) is 24.3 Å². The number of benzene rings is 1. The lowest BCUT2D eigenvalue weighted by molar-refractivity contribution is 0.218. The van der Waals surface area contributed by atoms with Crippen molar-refractivity contribution in [3.8, 4) is 5.75 Å². The molecule has 0 atom stereocenters. The Bertz CT molecular complexity index is 390. The second-order valence-electron chi connectivity index (χ2n) is 5.40. The van der Waals surface area contributed by atoms with Crippen molar-refractivity contribution in [2.24, 2.45) is 0 Å². The quantitative estimate of drug-likeness (QED) is 0.780. The molecule has 0 N–H and O–H groups in total. The third-order valence-corrected chi connectivity index (χ3v) is 3.46. The van der Waals surface area contributed by atoms with E-state index in [1.54, 1.807) is 7.11 Å². The fraction of sp³-hybridized carbons (Fsp3) is 0.571. The van der Waals surface area contributed by atoms with Crippen molar-refractivity contribution >= 4 is 5.69 Å². The van der Waals surface area contributed by atoms with Gasteiger partial charge >= 0.3 is 0 Å². The maximum absolute atomic E-state index is 5.30. The second kappa shape index (κ2) is 4.57. The second-order valence-corrected chi connectivity index (χ2v) is 5.40. The van der Waals surface area contributed by atoms with E-state index in [2.05, 4.69) is 48.9 Å². The first-order valence-corrected chi connectivity index (χ1v) is 6.13. The van der Waals surface area contributed by atoms with E-state index in [9.17, 15) is 0 Å². The SMILES string of the molecule is COc1cccc(N2CCN(C)CC2(C)C)c1. The van der Waals surface area contributed by atoms with Crippen LogP contribution in [0.1, 0.15) is 13.8 Å². The molecule has 2 rings (SSSR count). The number of hydrogen-bond donors (Lipinski definition) is 0. The highest BCUT2D eigenvalue weighted by Gasteiger charge is 2.32. The highest BCUT2D eigenvalue weighted by molar-refractivity contribution is 5.53. The van der Waals surface area contributed by atoms with Gasteiger partial charge in [0.25, 0.3) is 0 Å². The largest absolute Gasteiger partial charge is 0.497 e. The number of piperazine rings is 1. The zero-order chi connectivity index (χ0) is 12.5. The first-order chi connectivity index (χ1) is 8.03. The topological polar surface area (TPSA) is 15.7 Å². The molecular formula is C14H22N2O. The van der Waals surface area contributed by atoms with Crippen molar-refractivity contribution in [3.63, 3.8) is 0 Å². The maximum Gasteiger partial charge on any atom is 0.120 e. The van der Waals surface area contributed by atoms with Gasteiger partial charge in [-0.1, -0.05) is 6.07 Å². The van der Waals surface area contributed by atoms with E-state index in [0.29, 0.717) is 0 Å². The first kappa shape index (κ1) is 12.2. The van der Waals surface area contributed by atoms with Gasteiger partial charge in [-0.3, -0.25) is 0 Å². The van der Waals surface area contributed by atoms with E-state index < -0.39 is 0 Å². The van der Waals surface area contributed by atoms with Gasteiger partial charge in [-0.15, -0.1) is 0 Å². The highest BCUT2D eigenvalue weighted by Crippen LogP contribution is 2.29. The van der Waals surface area contributed by atoms with E-state index in [0.717, 1.165) is 25.4 Å². The molecule has 0 aromatic heterocycles. The Hall–Kier alpha value is -1.22. The standard InChI is InChI=1S/C14H22N2O/c1-14(2)11-15(3)8-9-16(14)12-6-5-7-13(10-12)17-4/h5-7,10H,8-9,11H2,1-4H3. The zero-order valence-corrected chi connectivity index (χ0v) is 11.2. The number of methoxy groups -OCH3 is 1. The van der Waals surface area contributed by atoms with Gasteiger partial charge in [0.15, 0.2) is 0 Å². The van der Waals surface area contributed by atoms with E-state index in [1.807, 2.05) is 6.07 Å². The number of hydrogen-bond acceptors (Lipinski definition) is 3. The minimum atomic E-state index is 0.166. The van der Waals surface area contributed by atoms with Crippen LogP contribution in [0.4, 0.5) is 5.69 Å². The molecule has 0 bridgehead atoms. The van der Waals surface area contributed by atoms with Crippen LogP contribution in [0.2, 0.25) is 0 Å². The van der Waals surface area contributed by atoms with Crippen LogP contribution in [0.5, 0.6) is 5.75 Å². The number of rotatable bonds is 2. The van der Waals surface area contributed by atoms with Gasteiger partial charge in [-0.05, 0) is 33.0 Å². The Balaban J connectivity index is 2.26. The molecule has 1 aromatic rings. The van der Waals surface area contributed by atoms with Gasteiger partial charge in [0.05, 0.1) is 7.11 Å². The average Bonchev–Trinajstić information content (AvgIpc) is 2.27. The highest BCUT2D eigenvalue weighted by atomic mass is 16.5. The third kappa shape index (κ3) is 2.55. The van der Waals surface area contributed by atoms with Crippen LogP contribution < -0.4 is 9.64 Å². The third-order valence-electron chi connectivity index (χ3n) is 3.46. The summed E-state index contributed by atoms with van der Waals surface area (Å²) in [7, 11) is 3.90. The van der Waals surface area contributed by atoms with E-state index in [1.165, 1.54) is 5.69 Å². The summed E-state index contributed by atoms with van der Waals surface area (Å²) in [6.45, 7) is 7.85. The number of ether oxygens (including phenoxy) is 1. The van der Waals surface area contributed by atoms with Crippen molar-refractivity contribution in [1.82, 2.24) is 4.90 Å². The van der Waals surface area contributed by atoms with Crippen molar-refractivity contribution in [2.45, 2.75) is 19.4 Å². The van der Waals surface area contributed by atoms with Gasteiger partial charge in [-0.2, -0.15) is 0 Å². The van der Waals surface area contributed by atoms with E-state index in [4.69, 9.17) is 4.74 Å². The van der Waals surface area contributed by atoms with Crippen molar-refractivity contribution < 1.29 is 4.74 Å². The minimum absolute atomic E-state index is 0.166. The Kier molecular flexibility index (Phi) is 3.29. The summed E-state index contributed by atoms with van der Waals surface area (Å²) >= 11 is 0. The van der Waals surface area contributed by atoms with E-state index >= 15 is 0 Å². The van der Waals surface area contributed by atoms with Crippen LogP contribution in [0.3, 0.4) is 0 Å². The molecule has 1 heterocycles. The fourth-order valence-corrected chi connectivity index (χ4v) is 2.66. The molecule has 0 radical (unpaired) electrons. The summed E-state index contributed by atoms with van der Waals surface area (Å²) in [5.74, 6) is 0.928. The monoisotopic (exact) mass is 234 g/mol. The van der Waals surface area contributed by atoms with Crippen molar-refractivity contribution in [1.29, 1.82) is 0 Å². The van der Waals surface area contributed by atoms with E-state index in [-0.39, 0.29) is 5.54 Å². The lowest BCUT2D eigenvalue weighted by atomic mass is 9.98. The summed E-state index contributed by atoms with van der Waals surface area (Å²) < 4.78 is 5.30. The molecule has 0 amide bonds. The lowest BCUT2D eigenvalue weighted by Gasteiger charge is -2.47.